The maximum Gasteiger partial charge on any atom is 0.243 e. The summed E-state index contributed by atoms with van der Waals surface area (Å²) in [6.45, 7) is 2.80. The largest absolute Gasteiger partial charge is 0.383 e. The number of hydrogen-bond donors (Lipinski definition) is 2. The summed E-state index contributed by atoms with van der Waals surface area (Å²) in [6.07, 6.45) is 4.85. The number of nitrogens with zero attached hydrogens (tertiary/aromatic N) is 2. The van der Waals surface area contributed by atoms with Crippen LogP contribution in [0.5, 0.6) is 0 Å². The molecule has 124 valence electrons. The molecule has 1 atom stereocenters. The van der Waals surface area contributed by atoms with Crippen molar-refractivity contribution in [2.24, 2.45) is 4.99 Å². The number of rotatable bonds is 6. The van der Waals surface area contributed by atoms with Gasteiger partial charge in [-0.25, -0.2) is 4.99 Å². The van der Waals surface area contributed by atoms with Gasteiger partial charge in [0.2, 0.25) is 5.91 Å². The fourth-order valence-electron chi connectivity index (χ4n) is 2.21. The Labute approximate surface area is 145 Å². The lowest BCUT2D eigenvalue weighted by molar-refractivity contribution is -0.127. The topological polar surface area (TPSA) is 66.0 Å². The molecule has 0 radical (unpaired) electrons. The van der Waals surface area contributed by atoms with Gasteiger partial charge < -0.3 is 20.3 Å². The van der Waals surface area contributed by atoms with Gasteiger partial charge in [0.15, 0.2) is 5.96 Å². The van der Waals surface area contributed by atoms with Crippen LogP contribution in [0.2, 0.25) is 0 Å². The first kappa shape index (κ1) is 20.4. The minimum absolute atomic E-state index is 0. The Balaban J connectivity index is 0.00000400. The van der Waals surface area contributed by atoms with Crippen LogP contribution in [-0.4, -0.2) is 63.2 Å². The molecule has 1 unspecified atom stereocenters. The summed E-state index contributed by atoms with van der Waals surface area (Å²) < 4.78 is 5.12. The number of halogens is 1. The van der Waals surface area contributed by atoms with Crippen molar-refractivity contribution >= 4 is 35.8 Å². The van der Waals surface area contributed by atoms with E-state index in [9.17, 15) is 4.79 Å². The molecule has 2 N–H and O–H groups in total. The average Bonchev–Trinajstić information content (AvgIpc) is 2.88. The molecule has 0 bridgehead atoms. The highest BCUT2D eigenvalue weighted by Crippen LogP contribution is 2.17. The van der Waals surface area contributed by atoms with E-state index in [1.54, 1.807) is 26.1 Å². The van der Waals surface area contributed by atoms with E-state index < -0.39 is 0 Å². The summed E-state index contributed by atoms with van der Waals surface area (Å²) in [5.74, 6) is 0.702. The van der Waals surface area contributed by atoms with Crippen LogP contribution in [0.25, 0.3) is 0 Å². The molecule has 0 spiro atoms. The van der Waals surface area contributed by atoms with Gasteiger partial charge >= 0.3 is 0 Å². The molecule has 7 heteroatoms. The predicted molar refractivity (Wildman–Crippen MR) is 96.3 cm³/mol. The number of carbonyl (C=O) groups excluding carboxylic acids is 1. The Morgan fingerprint density at radius 3 is 2.52 bits per heavy atom. The van der Waals surface area contributed by atoms with Crippen LogP contribution in [0.1, 0.15) is 32.6 Å². The van der Waals surface area contributed by atoms with Gasteiger partial charge in [0.1, 0.15) is 6.54 Å². The van der Waals surface area contributed by atoms with Gasteiger partial charge in [-0.2, -0.15) is 0 Å². The van der Waals surface area contributed by atoms with Crippen LogP contribution in [0, 0.1) is 0 Å². The second kappa shape index (κ2) is 11.1. The normalized spacial score (nSPS) is 17.0. The van der Waals surface area contributed by atoms with Crippen LogP contribution in [-0.2, 0) is 9.53 Å². The molecular formula is C14H29IN4O2. The van der Waals surface area contributed by atoms with Crippen molar-refractivity contribution in [1.82, 2.24) is 15.5 Å². The van der Waals surface area contributed by atoms with Gasteiger partial charge in [-0.15, -0.1) is 24.0 Å². The molecule has 0 aromatic rings. The Kier molecular flexibility index (Phi) is 10.8. The second-order valence-corrected chi connectivity index (χ2v) is 5.58. The molecule has 0 heterocycles. The van der Waals surface area contributed by atoms with Gasteiger partial charge in [-0.1, -0.05) is 12.8 Å². The summed E-state index contributed by atoms with van der Waals surface area (Å²) in [5, 5.41) is 6.69. The zero-order valence-corrected chi connectivity index (χ0v) is 15.8. The average molecular weight is 412 g/mol. The Morgan fingerprint density at radius 2 is 2.00 bits per heavy atom. The molecular weight excluding hydrogens is 383 g/mol. The van der Waals surface area contributed by atoms with E-state index in [1.807, 2.05) is 6.92 Å². The quantitative estimate of drug-likeness (QED) is 0.391. The molecule has 0 saturated heterocycles. The van der Waals surface area contributed by atoms with E-state index >= 15 is 0 Å². The molecule has 1 saturated carbocycles. The van der Waals surface area contributed by atoms with Gasteiger partial charge in [0.05, 0.1) is 6.61 Å². The number of nitrogens with one attached hydrogen (secondary N) is 2. The van der Waals surface area contributed by atoms with Crippen molar-refractivity contribution in [3.63, 3.8) is 0 Å². The third kappa shape index (κ3) is 8.45. The molecule has 6 nitrogen and oxygen atoms in total. The smallest absolute Gasteiger partial charge is 0.243 e. The Morgan fingerprint density at radius 1 is 1.38 bits per heavy atom. The number of hydrogen-bond acceptors (Lipinski definition) is 3. The molecule has 0 aromatic carbocycles. The first-order valence-corrected chi connectivity index (χ1v) is 7.29. The minimum atomic E-state index is -0.00286. The third-order valence-corrected chi connectivity index (χ3v) is 3.37. The van der Waals surface area contributed by atoms with Crippen LogP contribution in [0.4, 0.5) is 0 Å². The van der Waals surface area contributed by atoms with Crippen molar-refractivity contribution in [1.29, 1.82) is 0 Å². The fraction of sp³-hybridized carbons (Fsp3) is 0.857. The molecule has 0 aliphatic heterocycles. The number of aliphatic imine (C=N–C) groups is 1. The number of amides is 1. The van der Waals surface area contributed by atoms with Crippen molar-refractivity contribution in [3.8, 4) is 0 Å². The molecule has 1 aliphatic rings. The van der Waals surface area contributed by atoms with Gasteiger partial charge in [0.25, 0.3) is 0 Å². The van der Waals surface area contributed by atoms with Gasteiger partial charge in [-0.05, 0) is 19.8 Å². The number of carbonyl (C=O) groups is 1. The lowest BCUT2D eigenvalue weighted by Crippen LogP contribution is -2.47. The lowest BCUT2D eigenvalue weighted by Gasteiger charge is -2.21. The second-order valence-electron chi connectivity index (χ2n) is 5.58. The van der Waals surface area contributed by atoms with E-state index in [-0.39, 0.29) is 42.5 Å². The number of ether oxygens (including phenoxy) is 1. The summed E-state index contributed by atoms with van der Waals surface area (Å²) >= 11 is 0. The lowest BCUT2D eigenvalue weighted by atomic mass is 10.2. The number of methoxy groups -OCH3 is 1. The number of guanidine groups is 1. The first-order chi connectivity index (χ1) is 9.52. The van der Waals surface area contributed by atoms with Crippen molar-refractivity contribution in [2.45, 2.75) is 44.7 Å². The highest BCUT2D eigenvalue weighted by Gasteiger charge is 2.17. The van der Waals surface area contributed by atoms with Crippen LogP contribution in [0.3, 0.4) is 0 Å². The van der Waals surface area contributed by atoms with E-state index in [0.717, 1.165) is 0 Å². The maximum absolute atomic E-state index is 11.6. The van der Waals surface area contributed by atoms with E-state index in [1.165, 1.54) is 25.7 Å². The monoisotopic (exact) mass is 412 g/mol. The Bertz CT molecular complexity index is 331. The summed E-state index contributed by atoms with van der Waals surface area (Å²) in [6, 6.07) is 0.618. The van der Waals surface area contributed by atoms with Gasteiger partial charge in [-0.3, -0.25) is 4.79 Å². The molecule has 21 heavy (non-hydrogen) atoms. The summed E-state index contributed by atoms with van der Waals surface area (Å²) in [4.78, 5) is 17.6. The van der Waals surface area contributed by atoms with Crippen molar-refractivity contribution in [2.75, 3.05) is 34.4 Å². The fourth-order valence-corrected chi connectivity index (χ4v) is 2.21. The first-order valence-electron chi connectivity index (χ1n) is 7.29. The SMILES string of the molecule is COCC(C)NC(=NCC(=O)N(C)C)NC1CCCC1.I. The highest BCUT2D eigenvalue weighted by molar-refractivity contribution is 14.0. The molecule has 1 aliphatic carbocycles. The Hall–Kier alpha value is -0.570. The van der Waals surface area contributed by atoms with Crippen LogP contribution < -0.4 is 10.6 Å². The van der Waals surface area contributed by atoms with Crippen molar-refractivity contribution in [3.05, 3.63) is 0 Å². The van der Waals surface area contributed by atoms with Crippen LogP contribution >= 0.6 is 24.0 Å². The number of likely N-dealkylation sites (N-methyl/N-ethyl adjacent to an activating group) is 1. The highest BCUT2D eigenvalue weighted by atomic mass is 127. The van der Waals surface area contributed by atoms with E-state index in [2.05, 4.69) is 15.6 Å². The maximum atomic E-state index is 11.6. The summed E-state index contributed by atoms with van der Waals surface area (Å²) in [5.41, 5.74) is 0. The molecule has 1 amide bonds. The molecule has 0 aromatic heterocycles. The molecule has 1 rings (SSSR count). The zero-order valence-electron chi connectivity index (χ0n) is 13.5. The van der Waals surface area contributed by atoms with E-state index in [0.29, 0.717) is 18.6 Å². The van der Waals surface area contributed by atoms with E-state index in [4.69, 9.17) is 4.74 Å². The van der Waals surface area contributed by atoms with Gasteiger partial charge in [0, 0.05) is 33.3 Å². The predicted octanol–water partition coefficient (Wildman–Crippen LogP) is 1.21. The minimum Gasteiger partial charge on any atom is -0.383 e. The summed E-state index contributed by atoms with van der Waals surface area (Å²) in [7, 11) is 5.15. The van der Waals surface area contributed by atoms with Crippen LogP contribution in [0.15, 0.2) is 4.99 Å². The molecule has 1 fully saturated rings. The third-order valence-electron chi connectivity index (χ3n) is 3.37. The standard InChI is InChI=1S/C14H28N4O2.HI/c1-11(10-20-4)16-14(15-9-13(19)18(2)3)17-12-7-5-6-8-12;/h11-12H,5-10H2,1-4H3,(H2,15,16,17);1H. The zero-order chi connectivity index (χ0) is 15.0. The van der Waals surface area contributed by atoms with Crippen molar-refractivity contribution < 1.29 is 9.53 Å².